The summed E-state index contributed by atoms with van der Waals surface area (Å²) in [6, 6.07) is 5.13. The molecule has 1 unspecified atom stereocenters. The number of benzene rings is 1. The lowest BCUT2D eigenvalue weighted by Crippen LogP contribution is -2.34. The minimum Gasteiger partial charge on any atom is -0.490 e. The summed E-state index contributed by atoms with van der Waals surface area (Å²) in [4.78, 5) is 12.0. The molecule has 5 heteroatoms. The van der Waals surface area contributed by atoms with Gasteiger partial charge in [-0.3, -0.25) is 0 Å². The van der Waals surface area contributed by atoms with Crippen LogP contribution in [-0.2, 0) is 9.53 Å². The molecule has 5 nitrogen and oxygen atoms in total. The molecule has 2 rings (SSSR count). The zero-order valence-corrected chi connectivity index (χ0v) is 13.1. The first kappa shape index (κ1) is 15.5. The van der Waals surface area contributed by atoms with Crippen molar-refractivity contribution >= 4 is 11.7 Å². The Bertz CT molecular complexity index is 507. The van der Waals surface area contributed by atoms with Gasteiger partial charge in [0.2, 0.25) is 0 Å². The Kier molecular flexibility index (Phi) is 4.60. The summed E-state index contributed by atoms with van der Waals surface area (Å²) in [6.45, 7) is 8.63. The van der Waals surface area contributed by atoms with Crippen LogP contribution in [0.25, 0.3) is 0 Å². The molecule has 1 atom stereocenters. The van der Waals surface area contributed by atoms with Gasteiger partial charge >= 0.3 is 5.97 Å². The second kappa shape index (κ2) is 6.24. The van der Waals surface area contributed by atoms with Crippen molar-refractivity contribution in [1.29, 1.82) is 0 Å². The molecule has 1 heterocycles. The Morgan fingerprint density at radius 2 is 1.90 bits per heavy atom. The topological polar surface area (TPSA) is 56.8 Å². The van der Waals surface area contributed by atoms with Crippen molar-refractivity contribution in [3.63, 3.8) is 0 Å². The number of anilines is 1. The average Bonchev–Trinajstić information content (AvgIpc) is 2.61. The number of ether oxygens (including phenoxy) is 3. The lowest BCUT2D eigenvalue weighted by atomic mass is 10.2. The SMILES string of the molecule is CC(Nc1ccc2c(c1)OCCCO2)C(=O)OC(C)(C)C. The molecule has 1 aliphatic rings. The van der Waals surface area contributed by atoms with Gasteiger partial charge in [0.15, 0.2) is 11.5 Å². The number of hydrogen-bond donors (Lipinski definition) is 1. The van der Waals surface area contributed by atoms with Crippen LogP contribution in [0.3, 0.4) is 0 Å². The highest BCUT2D eigenvalue weighted by atomic mass is 16.6. The van der Waals surface area contributed by atoms with Crippen LogP contribution in [0.1, 0.15) is 34.1 Å². The molecule has 0 amide bonds. The van der Waals surface area contributed by atoms with Crippen molar-refractivity contribution in [3.8, 4) is 11.5 Å². The van der Waals surface area contributed by atoms with Gasteiger partial charge in [-0.25, -0.2) is 4.79 Å². The lowest BCUT2D eigenvalue weighted by molar-refractivity contribution is -0.155. The molecule has 0 spiro atoms. The Balaban J connectivity index is 2.02. The predicted octanol–water partition coefficient (Wildman–Crippen LogP) is 2.99. The van der Waals surface area contributed by atoms with Crippen LogP contribution in [0, 0.1) is 0 Å². The van der Waals surface area contributed by atoms with E-state index in [9.17, 15) is 4.79 Å². The molecule has 0 aliphatic carbocycles. The van der Waals surface area contributed by atoms with Crippen LogP contribution in [0.4, 0.5) is 5.69 Å². The Morgan fingerprint density at radius 1 is 1.24 bits per heavy atom. The summed E-state index contributed by atoms with van der Waals surface area (Å²) in [5.74, 6) is 1.16. The molecule has 1 aromatic carbocycles. The highest BCUT2D eigenvalue weighted by Crippen LogP contribution is 2.32. The molecule has 1 aromatic rings. The van der Waals surface area contributed by atoms with Gasteiger partial charge in [-0.1, -0.05) is 0 Å². The largest absolute Gasteiger partial charge is 0.490 e. The van der Waals surface area contributed by atoms with Crippen LogP contribution in [0.15, 0.2) is 18.2 Å². The van der Waals surface area contributed by atoms with Gasteiger partial charge in [0.1, 0.15) is 11.6 Å². The van der Waals surface area contributed by atoms with E-state index in [0.29, 0.717) is 19.0 Å². The predicted molar refractivity (Wildman–Crippen MR) is 81.0 cm³/mol. The third-order valence-corrected chi connectivity index (χ3v) is 2.89. The average molecular weight is 293 g/mol. The quantitative estimate of drug-likeness (QED) is 0.868. The Labute approximate surface area is 125 Å². The van der Waals surface area contributed by atoms with Gasteiger partial charge in [-0.15, -0.1) is 0 Å². The standard InChI is InChI=1S/C16H23NO4/c1-11(15(18)21-16(2,3)4)17-12-6-7-13-14(10-12)20-9-5-8-19-13/h6-7,10-11,17H,5,8-9H2,1-4H3. The minimum absolute atomic E-state index is 0.283. The summed E-state index contributed by atoms with van der Waals surface area (Å²) in [5.41, 5.74) is 0.315. The smallest absolute Gasteiger partial charge is 0.328 e. The van der Waals surface area contributed by atoms with E-state index in [1.165, 1.54) is 0 Å². The van der Waals surface area contributed by atoms with Gasteiger partial charge in [0, 0.05) is 18.2 Å². The summed E-state index contributed by atoms with van der Waals surface area (Å²) < 4.78 is 16.6. The Hall–Kier alpha value is -1.91. The number of hydrogen-bond acceptors (Lipinski definition) is 5. The van der Waals surface area contributed by atoms with Crippen molar-refractivity contribution < 1.29 is 19.0 Å². The molecule has 21 heavy (non-hydrogen) atoms. The molecule has 0 aromatic heterocycles. The van der Waals surface area contributed by atoms with E-state index in [2.05, 4.69) is 5.32 Å². The second-order valence-corrected chi connectivity index (χ2v) is 6.11. The van der Waals surface area contributed by atoms with Gasteiger partial charge in [-0.2, -0.15) is 0 Å². The molecule has 0 saturated heterocycles. The number of esters is 1. The van der Waals surface area contributed by atoms with Crippen molar-refractivity contribution in [3.05, 3.63) is 18.2 Å². The molecule has 116 valence electrons. The first-order valence-electron chi connectivity index (χ1n) is 7.24. The minimum atomic E-state index is -0.488. The van der Waals surface area contributed by atoms with Gasteiger partial charge < -0.3 is 19.5 Å². The molecule has 1 N–H and O–H groups in total. The summed E-state index contributed by atoms with van der Waals surface area (Å²) in [5, 5.41) is 3.12. The summed E-state index contributed by atoms with van der Waals surface area (Å²) >= 11 is 0. The van der Waals surface area contributed by atoms with Crippen molar-refractivity contribution in [2.75, 3.05) is 18.5 Å². The van der Waals surface area contributed by atoms with Gasteiger partial charge in [-0.05, 0) is 39.8 Å². The van der Waals surface area contributed by atoms with E-state index in [4.69, 9.17) is 14.2 Å². The maximum absolute atomic E-state index is 12.0. The fourth-order valence-electron chi connectivity index (χ4n) is 1.95. The summed E-state index contributed by atoms with van der Waals surface area (Å²) in [6.07, 6.45) is 0.867. The van der Waals surface area contributed by atoms with Crippen LogP contribution in [0.5, 0.6) is 11.5 Å². The molecule has 0 fully saturated rings. The van der Waals surface area contributed by atoms with Crippen LogP contribution in [-0.4, -0.2) is 30.8 Å². The highest BCUT2D eigenvalue weighted by molar-refractivity contribution is 5.79. The number of carbonyl (C=O) groups excluding carboxylic acids is 1. The number of fused-ring (bicyclic) bond motifs is 1. The van der Waals surface area contributed by atoms with Crippen LogP contribution in [0.2, 0.25) is 0 Å². The van der Waals surface area contributed by atoms with E-state index >= 15 is 0 Å². The normalized spacial score (nSPS) is 15.8. The molecular weight excluding hydrogens is 270 g/mol. The monoisotopic (exact) mass is 293 g/mol. The summed E-state index contributed by atoms with van der Waals surface area (Å²) in [7, 11) is 0. The van der Waals surface area contributed by atoms with E-state index in [1.54, 1.807) is 6.92 Å². The molecule has 0 bridgehead atoms. The fraction of sp³-hybridized carbons (Fsp3) is 0.562. The van der Waals surface area contributed by atoms with E-state index in [0.717, 1.165) is 17.9 Å². The molecule has 0 radical (unpaired) electrons. The maximum Gasteiger partial charge on any atom is 0.328 e. The maximum atomic E-state index is 12.0. The van der Waals surface area contributed by atoms with Crippen molar-refractivity contribution in [2.24, 2.45) is 0 Å². The zero-order chi connectivity index (χ0) is 15.5. The van der Waals surface area contributed by atoms with Crippen molar-refractivity contribution in [2.45, 2.75) is 45.8 Å². The third-order valence-electron chi connectivity index (χ3n) is 2.89. The first-order valence-corrected chi connectivity index (χ1v) is 7.24. The van der Waals surface area contributed by atoms with Gasteiger partial charge in [0.25, 0.3) is 0 Å². The molecular formula is C16H23NO4. The molecule has 1 aliphatic heterocycles. The lowest BCUT2D eigenvalue weighted by Gasteiger charge is -2.23. The van der Waals surface area contributed by atoms with E-state index in [1.807, 2.05) is 39.0 Å². The van der Waals surface area contributed by atoms with Crippen molar-refractivity contribution in [1.82, 2.24) is 0 Å². The second-order valence-electron chi connectivity index (χ2n) is 6.11. The zero-order valence-electron chi connectivity index (χ0n) is 13.1. The van der Waals surface area contributed by atoms with Gasteiger partial charge in [0.05, 0.1) is 13.2 Å². The van der Waals surface area contributed by atoms with E-state index in [-0.39, 0.29) is 5.97 Å². The number of carbonyl (C=O) groups is 1. The molecule has 0 saturated carbocycles. The number of rotatable bonds is 3. The highest BCUT2D eigenvalue weighted by Gasteiger charge is 2.22. The first-order chi connectivity index (χ1) is 9.85. The van der Waals surface area contributed by atoms with Crippen LogP contribution < -0.4 is 14.8 Å². The Morgan fingerprint density at radius 3 is 2.57 bits per heavy atom. The third kappa shape index (κ3) is 4.55. The van der Waals surface area contributed by atoms with Crippen LogP contribution >= 0.6 is 0 Å². The number of nitrogens with one attached hydrogen (secondary N) is 1. The van der Waals surface area contributed by atoms with E-state index < -0.39 is 11.6 Å². The fourth-order valence-corrected chi connectivity index (χ4v) is 1.95.